The number of rotatable bonds is 4. The van der Waals surface area contributed by atoms with Gasteiger partial charge in [0.25, 0.3) is 5.69 Å². The van der Waals surface area contributed by atoms with Crippen molar-refractivity contribution in [1.29, 1.82) is 0 Å². The molecular formula is C12H7ClN2O5. The van der Waals surface area contributed by atoms with Crippen molar-refractivity contribution < 1.29 is 19.6 Å². The van der Waals surface area contributed by atoms with Crippen LogP contribution >= 0.6 is 11.6 Å². The van der Waals surface area contributed by atoms with E-state index in [1.165, 1.54) is 24.4 Å². The third-order valence-electron chi connectivity index (χ3n) is 2.36. The third kappa shape index (κ3) is 2.83. The van der Waals surface area contributed by atoms with Crippen LogP contribution in [0.1, 0.15) is 10.4 Å². The van der Waals surface area contributed by atoms with Gasteiger partial charge in [0.15, 0.2) is 0 Å². The fraction of sp³-hybridized carbons (Fsp3) is 0. The van der Waals surface area contributed by atoms with E-state index in [0.29, 0.717) is 0 Å². The number of benzene rings is 1. The van der Waals surface area contributed by atoms with Gasteiger partial charge in [-0.05, 0) is 6.07 Å². The highest BCUT2D eigenvalue weighted by Gasteiger charge is 2.15. The van der Waals surface area contributed by atoms with Crippen LogP contribution in [-0.4, -0.2) is 21.0 Å². The number of ether oxygens (including phenoxy) is 1. The standard InChI is InChI=1S/C12H7ClN2O5/c13-9-5-7(15(18)19)1-2-11(9)20-10-3-4-14-6-8(10)12(16)17/h1-6H,(H,16,17). The molecule has 0 atom stereocenters. The molecule has 20 heavy (non-hydrogen) atoms. The molecule has 1 aromatic heterocycles. The van der Waals surface area contributed by atoms with Crippen molar-refractivity contribution >= 4 is 23.3 Å². The van der Waals surface area contributed by atoms with Gasteiger partial charge in [0.2, 0.25) is 0 Å². The molecule has 1 heterocycles. The zero-order valence-corrected chi connectivity index (χ0v) is 10.6. The minimum atomic E-state index is -1.20. The summed E-state index contributed by atoms with van der Waals surface area (Å²) in [6.45, 7) is 0. The number of hydrogen-bond donors (Lipinski definition) is 1. The second-order valence-electron chi connectivity index (χ2n) is 3.65. The number of carboxylic acids is 1. The van der Waals surface area contributed by atoms with Gasteiger partial charge in [0.05, 0.1) is 9.95 Å². The molecule has 8 heteroatoms. The Morgan fingerprint density at radius 2 is 2.10 bits per heavy atom. The molecule has 0 unspecified atom stereocenters. The lowest BCUT2D eigenvalue weighted by molar-refractivity contribution is -0.384. The Labute approximate surface area is 117 Å². The van der Waals surface area contributed by atoms with Crippen molar-refractivity contribution in [2.75, 3.05) is 0 Å². The van der Waals surface area contributed by atoms with E-state index >= 15 is 0 Å². The number of aromatic nitrogens is 1. The maximum absolute atomic E-state index is 11.0. The van der Waals surface area contributed by atoms with Gasteiger partial charge in [-0.15, -0.1) is 0 Å². The molecule has 0 fully saturated rings. The quantitative estimate of drug-likeness (QED) is 0.686. The van der Waals surface area contributed by atoms with Crippen LogP contribution in [0.4, 0.5) is 5.69 Å². The zero-order valence-electron chi connectivity index (χ0n) is 9.82. The molecule has 102 valence electrons. The van der Waals surface area contributed by atoms with Gasteiger partial charge in [-0.25, -0.2) is 4.79 Å². The first kappa shape index (κ1) is 13.8. The molecule has 7 nitrogen and oxygen atoms in total. The normalized spacial score (nSPS) is 10.1. The molecular weight excluding hydrogens is 288 g/mol. The predicted molar refractivity (Wildman–Crippen MR) is 69.4 cm³/mol. The molecule has 0 aliphatic carbocycles. The molecule has 0 spiro atoms. The van der Waals surface area contributed by atoms with Crippen LogP contribution in [0.5, 0.6) is 11.5 Å². The summed E-state index contributed by atoms with van der Waals surface area (Å²) in [5.41, 5.74) is -0.322. The number of carboxylic acid groups (broad SMARTS) is 1. The average Bonchev–Trinajstić information content (AvgIpc) is 2.41. The van der Waals surface area contributed by atoms with Gasteiger partial charge in [-0.2, -0.15) is 0 Å². The molecule has 1 N–H and O–H groups in total. The summed E-state index contributed by atoms with van der Waals surface area (Å²) in [4.78, 5) is 24.7. The molecule has 2 rings (SSSR count). The van der Waals surface area contributed by atoms with Crippen LogP contribution in [0.2, 0.25) is 5.02 Å². The van der Waals surface area contributed by atoms with Crippen molar-refractivity contribution in [3.63, 3.8) is 0 Å². The molecule has 2 aromatic rings. The number of carbonyl (C=O) groups is 1. The summed E-state index contributed by atoms with van der Waals surface area (Å²) in [7, 11) is 0. The number of halogens is 1. The van der Waals surface area contributed by atoms with Crippen LogP contribution in [-0.2, 0) is 0 Å². The molecule has 0 aliphatic heterocycles. The number of non-ortho nitro benzene ring substituents is 1. The Morgan fingerprint density at radius 3 is 2.70 bits per heavy atom. The Morgan fingerprint density at radius 1 is 1.35 bits per heavy atom. The molecule has 0 saturated carbocycles. The number of hydrogen-bond acceptors (Lipinski definition) is 5. The van der Waals surface area contributed by atoms with Crippen LogP contribution < -0.4 is 4.74 Å². The Balaban J connectivity index is 2.36. The van der Waals surface area contributed by atoms with Crippen LogP contribution in [0, 0.1) is 10.1 Å². The summed E-state index contributed by atoms with van der Waals surface area (Å²) in [6, 6.07) is 5.00. The highest BCUT2D eigenvalue weighted by atomic mass is 35.5. The monoisotopic (exact) mass is 294 g/mol. The lowest BCUT2D eigenvalue weighted by atomic mass is 10.2. The Bertz CT molecular complexity index is 689. The Hall–Kier alpha value is -2.67. The van der Waals surface area contributed by atoms with Crippen molar-refractivity contribution in [2.45, 2.75) is 0 Å². The first-order chi connectivity index (χ1) is 9.49. The molecule has 0 bridgehead atoms. The summed E-state index contributed by atoms with van der Waals surface area (Å²) < 4.78 is 5.36. The lowest BCUT2D eigenvalue weighted by Crippen LogP contribution is -2.00. The van der Waals surface area contributed by atoms with Gasteiger partial charge >= 0.3 is 5.97 Å². The summed E-state index contributed by atoms with van der Waals surface area (Å²) >= 11 is 5.86. The van der Waals surface area contributed by atoms with Crippen LogP contribution in [0.25, 0.3) is 0 Å². The fourth-order valence-corrected chi connectivity index (χ4v) is 1.65. The lowest BCUT2D eigenvalue weighted by Gasteiger charge is -2.09. The number of pyridine rings is 1. The van der Waals surface area contributed by atoms with E-state index < -0.39 is 10.9 Å². The van der Waals surface area contributed by atoms with E-state index in [2.05, 4.69) is 4.98 Å². The summed E-state index contributed by atoms with van der Waals surface area (Å²) in [6.07, 6.45) is 2.50. The first-order valence-corrected chi connectivity index (χ1v) is 5.66. The highest BCUT2D eigenvalue weighted by molar-refractivity contribution is 6.32. The van der Waals surface area contributed by atoms with Crippen LogP contribution in [0.15, 0.2) is 36.7 Å². The molecule has 1 aromatic carbocycles. The van der Waals surface area contributed by atoms with Crippen LogP contribution in [0.3, 0.4) is 0 Å². The maximum atomic E-state index is 11.0. The SMILES string of the molecule is O=C(O)c1cnccc1Oc1ccc([N+](=O)[O-])cc1Cl. The van der Waals surface area contributed by atoms with Crippen molar-refractivity contribution in [2.24, 2.45) is 0 Å². The second kappa shape index (κ2) is 5.54. The predicted octanol–water partition coefficient (Wildman–Crippen LogP) is 3.13. The van der Waals surface area contributed by atoms with E-state index in [4.69, 9.17) is 21.4 Å². The van der Waals surface area contributed by atoms with E-state index in [1.807, 2.05) is 0 Å². The van der Waals surface area contributed by atoms with Crippen molar-refractivity contribution in [1.82, 2.24) is 4.98 Å². The average molecular weight is 295 g/mol. The summed E-state index contributed by atoms with van der Waals surface area (Å²) in [5, 5.41) is 19.6. The minimum Gasteiger partial charge on any atom is -0.477 e. The minimum absolute atomic E-state index is 0.00681. The van der Waals surface area contributed by atoms with Gasteiger partial charge in [-0.3, -0.25) is 15.1 Å². The van der Waals surface area contributed by atoms with Crippen molar-refractivity contribution in [3.05, 3.63) is 57.4 Å². The molecule has 0 radical (unpaired) electrons. The molecule has 0 aliphatic rings. The van der Waals surface area contributed by atoms with Gasteiger partial charge < -0.3 is 9.84 Å². The van der Waals surface area contributed by atoms with E-state index in [9.17, 15) is 14.9 Å². The van der Waals surface area contributed by atoms with Gasteiger partial charge in [0, 0.05) is 30.6 Å². The van der Waals surface area contributed by atoms with E-state index in [1.54, 1.807) is 0 Å². The molecule has 0 amide bonds. The first-order valence-electron chi connectivity index (χ1n) is 5.28. The largest absolute Gasteiger partial charge is 0.477 e. The summed E-state index contributed by atoms with van der Waals surface area (Å²) in [5.74, 6) is -1.04. The Kier molecular flexibility index (Phi) is 3.81. The van der Waals surface area contributed by atoms with Gasteiger partial charge in [0.1, 0.15) is 17.1 Å². The number of nitrogens with zero attached hydrogens (tertiary/aromatic N) is 2. The van der Waals surface area contributed by atoms with Gasteiger partial charge in [-0.1, -0.05) is 11.6 Å². The van der Waals surface area contributed by atoms with E-state index in [0.717, 1.165) is 12.3 Å². The fourth-order valence-electron chi connectivity index (χ4n) is 1.44. The highest BCUT2D eigenvalue weighted by Crippen LogP contribution is 2.33. The number of nitro groups is 1. The molecule has 0 saturated heterocycles. The smallest absolute Gasteiger partial charge is 0.341 e. The third-order valence-corrected chi connectivity index (χ3v) is 2.65. The number of aromatic carboxylic acids is 1. The number of nitro benzene ring substituents is 1. The van der Waals surface area contributed by atoms with Crippen molar-refractivity contribution in [3.8, 4) is 11.5 Å². The second-order valence-corrected chi connectivity index (χ2v) is 4.06. The maximum Gasteiger partial charge on any atom is 0.341 e. The topological polar surface area (TPSA) is 103 Å². The zero-order chi connectivity index (χ0) is 14.7. The van der Waals surface area contributed by atoms with E-state index in [-0.39, 0.29) is 27.8 Å².